The molecule has 128 valence electrons. The normalized spacial score (nSPS) is 18.0. The van der Waals surface area contributed by atoms with E-state index >= 15 is 0 Å². The average Bonchev–Trinajstić information content (AvgIpc) is 2.46. The molecule has 0 bridgehead atoms. The Labute approximate surface area is 134 Å². The average molecular weight is 363 g/mol. The van der Waals surface area contributed by atoms with E-state index in [0.29, 0.717) is 12.8 Å². The van der Waals surface area contributed by atoms with Crippen LogP contribution in [0.25, 0.3) is 0 Å². The molecule has 0 amide bonds. The van der Waals surface area contributed by atoms with Gasteiger partial charge in [-0.25, -0.2) is 25.9 Å². The number of benzene rings is 1. The Kier molecular flexibility index (Phi) is 5.04. The van der Waals surface area contributed by atoms with E-state index in [-0.39, 0.29) is 13.1 Å². The van der Waals surface area contributed by atoms with Crippen molar-refractivity contribution in [1.82, 2.24) is 9.03 Å². The number of para-hydroxylation sites is 1. The van der Waals surface area contributed by atoms with Gasteiger partial charge in [0.05, 0.1) is 11.2 Å². The first-order valence-corrected chi connectivity index (χ1v) is 10.2. The number of sulfonamides is 2. The lowest BCUT2D eigenvalue weighted by atomic mass is 10.1. The minimum atomic E-state index is -4.05. The Balaban J connectivity index is 2.14. The van der Waals surface area contributed by atoms with Gasteiger partial charge in [-0.05, 0) is 18.9 Å². The summed E-state index contributed by atoms with van der Waals surface area (Å²) in [4.78, 5) is 9.81. The predicted molar refractivity (Wildman–Crippen MR) is 82.9 cm³/mol. The third-order valence-electron chi connectivity index (χ3n) is 3.60. The van der Waals surface area contributed by atoms with Crippen molar-refractivity contribution in [2.75, 3.05) is 19.3 Å². The lowest BCUT2D eigenvalue weighted by Crippen LogP contribution is -2.46. The highest BCUT2D eigenvalue weighted by atomic mass is 32.2. The van der Waals surface area contributed by atoms with Crippen molar-refractivity contribution in [2.45, 2.75) is 23.8 Å². The van der Waals surface area contributed by atoms with Crippen LogP contribution in [0.4, 0.5) is 5.69 Å². The maximum atomic E-state index is 12.4. The van der Waals surface area contributed by atoms with Crippen LogP contribution < -0.4 is 4.72 Å². The molecular weight excluding hydrogens is 346 g/mol. The summed E-state index contributed by atoms with van der Waals surface area (Å²) in [5.74, 6) is 0. The number of piperidine rings is 1. The molecule has 0 saturated carbocycles. The molecule has 23 heavy (non-hydrogen) atoms. The largest absolute Gasteiger partial charge is 0.289 e. The summed E-state index contributed by atoms with van der Waals surface area (Å²) < 4.78 is 51.3. The molecule has 0 atom stereocenters. The number of hydrogen-bond acceptors (Lipinski definition) is 6. The highest BCUT2D eigenvalue weighted by Crippen LogP contribution is 2.24. The number of rotatable bonds is 5. The fourth-order valence-corrected chi connectivity index (χ4v) is 4.77. The number of hydrogen-bond donors (Lipinski definition) is 1. The lowest BCUT2D eigenvalue weighted by molar-refractivity contribution is -0.387. The van der Waals surface area contributed by atoms with Crippen LogP contribution in [0.3, 0.4) is 0 Å². The van der Waals surface area contributed by atoms with Gasteiger partial charge in [-0.3, -0.25) is 10.1 Å². The molecule has 1 saturated heterocycles. The van der Waals surface area contributed by atoms with Gasteiger partial charge in [0, 0.05) is 25.2 Å². The highest BCUT2D eigenvalue weighted by molar-refractivity contribution is 7.89. The van der Waals surface area contributed by atoms with E-state index < -0.39 is 41.6 Å². The SMILES string of the molecule is CS(=O)(=O)N1CCC(NS(=O)(=O)c2ccccc2[N+](=O)[O-])CC1. The summed E-state index contributed by atoms with van der Waals surface area (Å²) in [5.41, 5.74) is -0.492. The van der Waals surface area contributed by atoms with Crippen molar-refractivity contribution in [3.05, 3.63) is 34.4 Å². The molecule has 9 nitrogen and oxygen atoms in total. The van der Waals surface area contributed by atoms with E-state index in [1.54, 1.807) is 0 Å². The van der Waals surface area contributed by atoms with E-state index in [1.807, 2.05) is 0 Å². The molecular formula is C12H17N3O6S2. The van der Waals surface area contributed by atoms with Gasteiger partial charge in [-0.1, -0.05) is 12.1 Å². The summed E-state index contributed by atoms with van der Waals surface area (Å²) in [6.45, 7) is 0.422. The van der Waals surface area contributed by atoms with Crippen molar-refractivity contribution >= 4 is 25.7 Å². The van der Waals surface area contributed by atoms with Crippen LogP contribution in [0.2, 0.25) is 0 Å². The van der Waals surface area contributed by atoms with Gasteiger partial charge in [0.1, 0.15) is 0 Å². The fourth-order valence-electron chi connectivity index (χ4n) is 2.42. The van der Waals surface area contributed by atoms with Gasteiger partial charge >= 0.3 is 0 Å². The molecule has 0 unspecified atom stereocenters. The summed E-state index contributed by atoms with van der Waals surface area (Å²) in [5, 5.41) is 11.0. The number of nitro groups is 1. The summed E-state index contributed by atoms with van der Waals surface area (Å²) >= 11 is 0. The molecule has 0 aliphatic carbocycles. The zero-order chi connectivity index (χ0) is 17.3. The number of nitro benzene ring substituents is 1. The molecule has 2 rings (SSSR count). The minimum absolute atomic E-state index is 0.211. The van der Waals surface area contributed by atoms with E-state index in [4.69, 9.17) is 0 Å². The van der Waals surface area contributed by atoms with Crippen LogP contribution >= 0.6 is 0 Å². The standard InChI is InChI=1S/C12H17N3O6S2/c1-22(18,19)14-8-6-10(7-9-14)13-23(20,21)12-5-3-2-4-11(12)15(16)17/h2-5,10,13H,6-9H2,1H3. The second-order valence-corrected chi connectivity index (χ2v) is 8.95. The lowest BCUT2D eigenvalue weighted by Gasteiger charge is -2.30. The van der Waals surface area contributed by atoms with E-state index in [2.05, 4.69) is 4.72 Å². The van der Waals surface area contributed by atoms with Crippen molar-refractivity contribution in [3.63, 3.8) is 0 Å². The van der Waals surface area contributed by atoms with Gasteiger partial charge in [0.25, 0.3) is 5.69 Å². The van der Waals surface area contributed by atoms with E-state index in [9.17, 15) is 26.9 Å². The molecule has 1 N–H and O–H groups in total. The smallest absolute Gasteiger partial charge is 0.258 e. The molecule has 11 heteroatoms. The molecule has 1 aromatic carbocycles. The first-order valence-electron chi connectivity index (χ1n) is 6.82. The van der Waals surface area contributed by atoms with E-state index in [1.165, 1.54) is 22.5 Å². The van der Waals surface area contributed by atoms with Gasteiger partial charge < -0.3 is 0 Å². The zero-order valence-corrected chi connectivity index (χ0v) is 14.0. The maximum absolute atomic E-state index is 12.4. The number of nitrogens with zero attached hydrogens (tertiary/aromatic N) is 2. The molecule has 1 heterocycles. The van der Waals surface area contributed by atoms with Gasteiger partial charge in [0.15, 0.2) is 4.90 Å². The fraction of sp³-hybridized carbons (Fsp3) is 0.500. The molecule has 0 aromatic heterocycles. The van der Waals surface area contributed by atoms with Crippen LogP contribution in [0, 0.1) is 10.1 Å². The Hall–Kier alpha value is -1.56. The summed E-state index contributed by atoms with van der Waals surface area (Å²) in [7, 11) is -7.34. The van der Waals surface area contributed by atoms with Crippen molar-refractivity contribution < 1.29 is 21.8 Å². The Bertz CT molecular complexity index is 798. The van der Waals surface area contributed by atoms with E-state index in [0.717, 1.165) is 12.3 Å². The minimum Gasteiger partial charge on any atom is -0.258 e. The third kappa shape index (κ3) is 4.25. The van der Waals surface area contributed by atoms with Crippen molar-refractivity contribution in [3.8, 4) is 0 Å². The Morgan fingerprint density at radius 2 is 1.74 bits per heavy atom. The third-order valence-corrected chi connectivity index (χ3v) is 6.47. The van der Waals surface area contributed by atoms with Crippen LogP contribution in [-0.2, 0) is 20.0 Å². The quantitative estimate of drug-likeness (QED) is 0.592. The molecule has 1 aliphatic heterocycles. The van der Waals surface area contributed by atoms with Crippen LogP contribution in [0.15, 0.2) is 29.2 Å². The second-order valence-electron chi connectivity index (χ2n) is 5.28. The molecule has 0 spiro atoms. The molecule has 1 aliphatic rings. The van der Waals surface area contributed by atoms with Crippen molar-refractivity contribution in [1.29, 1.82) is 0 Å². The van der Waals surface area contributed by atoms with Gasteiger partial charge in [-0.2, -0.15) is 0 Å². The molecule has 0 radical (unpaired) electrons. The van der Waals surface area contributed by atoms with Crippen LogP contribution in [0.1, 0.15) is 12.8 Å². The summed E-state index contributed by atoms with van der Waals surface area (Å²) in [6.07, 6.45) is 1.73. The summed E-state index contributed by atoms with van der Waals surface area (Å²) in [6, 6.07) is 4.64. The maximum Gasteiger partial charge on any atom is 0.289 e. The van der Waals surface area contributed by atoms with Gasteiger partial charge in [-0.15, -0.1) is 0 Å². The zero-order valence-electron chi connectivity index (χ0n) is 12.4. The Morgan fingerprint density at radius 1 is 1.17 bits per heavy atom. The monoisotopic (exact) mass is 363 g/mol. The first kappa shape index (κ1) is 17.8. The van der Waals surface area contributed by atoms with Gasteiger partial charge in [0.2, 0.25) is 20.0 Å². The van der Waals surface area contributed by atoms with Crippen LogP contribution in [-0.4, -0.2) is 51.5 Å². The topological polar surface area (TPSA) is 127 Å². The Morgan fingerprint density at radius 3 is 2.26 bits per heavy atom. The second kappa shape index (κ2) is 6.51. The van der Waals surface area contributed by atoms with Crippen LogP contribution in [0.5, 0.6) is 0 Å². The predicted octanol–water partition coefficient (Wildman–Crippen LogP) is 0.297. The first-order chi connectivity index (χ1) is 10.6. The highest BCUT2D eigenvalue weighted by Gasteiger charge is 2.31. The molecule has 1 aromatic rings. The molecule has 1 fully saturated rings. The number of nitrogens with one attached hydrogen (secondary N) is 1. The van der Waals surface area contributed by atoms with Crippen molar-refractivity contribution in [2.24, 2.45) is 0 Å².